The van der Waals surface area contributed by atoms with Crippen molar-refractivity contribution in [2.24, 2.45) is 11.3 Å². The Kier molecular flexibility index (Phi) is 5.87. The summed E-state index contributed by atoms with van der Waals surface area (Å²) < 4.78 is 0. The minimum Gasteiger partial charge on any atom is -0.341 e. The molecule has 2 aliphatic rings. The highest BCUT2D eigenvalue weighted by Gasteiger charge is 2.29. The molecule has 2 amide bonds. The van der Waals surface area contributed by atoms with Crippen LogP contribution >= 0.6 is 0 Å². The maximum Gasteiger partial charge on any atom is 0.225 e. The van der Waals surface area contributed by atoms with Crippen molar-refractivity contribution in [2.75, 3.05) is 26.2 Å². The summed E-state index contributed by atoms with van der Waals surface area (Å²) in [7, 11) is 0. The fourth-order valence-electron chi connectivity index (χ4n) is 3.56. The molecule has 22 heavy (non-hydrogen) atoms. The van der Waals surface area contributed by atoms with Crippen molar-refractivity contribution in [1.82, 2.24) is 9.80 Å². The maximum absolute atomic E-state index is 12.6. The average Bonchev–Trinajstić information content (AvgIpc) is 2.71. The molecule has 0 unspecified atom stereocenters. The summed E-state index contributed by atoms with van der Waals surface area (Å²) in [6.07, 6.45) is 7.28. The van der Waals surface area contributed by atoms with Crippen molar-refractivity contribution in [3.63, 3.8) is 0 Å². The fourth-order valence-corrected chi connectivity index (χ4v) is 3.56. The van der Waals surface area contributed by atoms with Crippen LogP contribution < -0.4 is 0 Å². The van der Waals surface area contributed by atoms with E-state index in [4.69, 9.17) is 0 Å². The average molecular weight is 308 g/mol. The Morgan fingerprint density at radius 3 is 2.09 bits per heavy atom. The first kappa shape index (κ1) is 17.3. The van der Waals surface area contributed by atoms with Crippen LogP contribution in [-0.2, 0) is 9.59 Å². The highest BCUT2D eigenvalue weighted by molar-refractivity contribution is 5.79. The number of carbonyl (C=O) groups is 2. The molecule has 0 aromatic heterocycles. The second-order valence-electron chi connectivity index (χ2n) is 8.13. The number of nitrogens with zero attached hydrogens (tertiary/aromatic N) is 2. The highest BCUT2D eigenvalue weighted by Crippen LogP contribution is 2.26. The van der Waals surface area contributed by atoms with E-state index in [2.05, 4.69) is 20.8 Å². The lowest BCUT2D eigenvalue weighted by Gasteiger charge is -2.29. The van der Waals surface area contributed by atoms with E-state index in [1.165, 1.54) is 19.3 Å². The molecule has 1 heterocycles. The van der Waals surface area contributed by atoms with E-state index in [-0.39, 0.29) is 17.2 Å². The molecule has 0 spiro atoms. The Morgan fingerprint density at radius 2 is 1.45 bits per heavy atom. The van der Waals surface area contributed by atoms with Crippen LogP contribution in [-0.4, -0.2) is 47.8 Å². The number of rotatable bonds is 2. The van der Waals surface area contributed by atoms with Crippen LogP contribution in [0.2, 0.25) is 0 Å². The zero-order chi connectivity index (χ0) is 16.2. The molecule has 1 saturated carbocycles. The van der Waals surface area contributed by atoms with E-state index in [9.17, 15) is 9.59 Å². The predicted octanol–water partition coefficient (Wildman–Crippen LogP) is 3.06. The van der Waals surface area contributed by atoms with Gasteiger partial charge in [-0.25, -0.2) is 0 Å². The third kappa shape index (κ3) is 4.99. The Morgan fingerprint density at radius 1 is 0.864 bits per heavy atom. The Bertz CT molecular complexity index is 394. The smallest absolute Gasteiger partial charge is 0.225 e. The van der Waals surface area contributed by atoms with E-state index in [1.54, 1.807) is 0 Å². The summed E-state index contributed by atoms with van der Waals surface area (Å²) in [5.41, 5.74) is 0.0288. The van der Waals surface area contributed by atoms with Gasteiger partial charge >= 0.3 is 0 Å². The van der Waals surface area contributed by atoms with E-state index in [0.717, 1.165) is 32.4 Å². The molecule has 0 aromatic carbocycles. The molecule has 0 atom stereocenters. The SMILES string of the molecule is CC(C)(C)CC(=O)N1CCCN(C(=O)C2CCCCC2)CC1. The van der Waals surface area contributed by atoms with Crippen LogP contribution in [0.25, 0.3) is 0 Å². The molecule has 0 N–H and O–H groups in total. The largest absolute Gasteiger partial charge is 0.341 e. The van der Waals surface area contributed by atoms with Crippen LogP contribution in [0.5, 0.6) is 0 Å². The van der Waals surface area contributed by atoms with Crippen molar-refractivity contribution < 1.29 is 9.59 Å². The molecule has 1 aliphatic carbocycles. The van der Waals surface area contributed by atoms with Gasteiger partial charge in [-0.1, -0.05) is 40.0 Å². The third-order valence-electron chi connectivity index (χ3n) is 4.80. The molecule has 2 rings (SSSR count). The van der Waals surface area contributed by atoms with Crippen LogP contribution in [0.1, 0.15) is 65.7 Å². The van der Waals surface area contributed by atoms with Gasteiger partial charge in [0.15, 0.2) is 0 Å². The molecule has 1 saturated heterocycles. The monoisotopic (exact) mass is 308 g/mol. The molecular weight excluding hydrogens is 276 g/mol. The van der Waals surface area contributed by atoms with Gasteiger partial charge in [-0.3, -0.25) is 9.59 Å². The van der Waals surface area contributed by atoms with Crippen LogP contribution in [0.15, 0.2) is 0 Å². The van der Waals surface area contributed by atoms with Gasteiger partial charge in [0.2, 0.25) is 11.8 Å². The van der Waals surface area contributed by atoms with Gasteiger partial charge in [0, 0.05) is 38.5 Å². The number of amides is 2. The Labute approximate surface area is 135 Å². The van der Waals surface area contributed by atoms with Gasteiger partial charge < -0.3 is 9.80 Å². The van der Waals surface area contributed by atoms with Gasteiger partial charge in [0.1, 0.15) is 0 Å². The van der Waals surface area contributed by atoms with E-state index in [1.807, 2.05) is 9.80 Å². The first-order valence-electron chi connectivity index (χ1n) is 8.93. The zero-order valence-corrected chi connectivity index (χ0v) is 14.6. The lowest BCUT2D eigenvalue weighted by molar-refractivity contribution is -0.137. The predicted molar refractivity (Wildman–Crippen MR) is 88.4 cm³/mol. The number of carbonyl (C=O) groups excluding carboxylic acids is 2. The lowest BCUT2D eigenvalue weighted by atomic mass is 9.88. The minimum atomic E-state index is 0.0288. The van der Waals surface area contributed by atoms with Gasteiger partial charge in [0.05, 0.1) is 0 Å². The third-order valence-corrected chi connectivity index (χ3v) is 4.80. The Balaban J connectivity index is 1.86. The standard InChI is InChI=1S/C18H32N2O2/c1-18(2,3)14-16(21)19-10-7-11-20(13-12-19)17(22)15-8-5-4-6-9-15/h15H,4-14H2,1-3H3. The normalized spacial score (nSPS) is 21.6. The maximum atomic E-state index is 12.6. The highest BCUT2D eigenvalue weighted by atomic mass is 16.2. The van der Waals surface area contributed by atoms with Crippen LogP contribution in [0, 0.1) is 11.3 Å². The molecule has 1 aliphatic heterocycles. The number of hydrogen-bond donors (Lipinski definition) is 0. The molecule has 2 fully saturated rings. The summed E-state index contributed by atoms with van der Waals surface area (Å²) in [6, 6.07) is 0. The lowest BCUT2D eigenvalue weighted by Crippen LogP contribution is -2.41. The van der Waals surface area contributed by atoms with Gasteiger partial charge in [0.25, 0.3) is 0 Å². The Hall–Kier alpha value is -1.06. The van der Waals surface area contributed by atoms with Crippen molar-refractivity contribution >= 4 is 11.8 Å². The second-order valence-corrected chi connectivity index (χ2v) is 8.13. The number of hydrogen-bond acceptors (Lipinski definition) is 2. The van der Waals surface area contributed by atoms with E-state index >= 15 is 0 Å². The van der Waals surface area contributed by atoms with Gasteiger partial charge in [-0.05, 0) is 24.7 Å². The first-order chi connectivity index (χ1) is 10.4. The molecule has 0 bridgehead atoms. The summed E-state index contributed by atoms with van der Waals surface area (Å²) in [6.45, 7) is 9.32. The quantitative estimate of drug-likeness (QED) is 0.786. The summed E-state index contributed by atoms with van der Waals surface area (Å²) >= 11 is 0. The molecule has 126 valence electrons. The summed E-state index contributed by atoms with van der Waals surface area (Å²) in [5.74, 6) is 0.815. The van der Waals surface area contributed by atoms with E-state index < -0.39 is 0 Å². The van der Waals surface area contributed by atoms with Gasteiger partial charge in [-0.2, -0.15) is 0 Å². The molecule has 4 nitrogen and oxygen atoms in total. The minimum absolute atomic E-state index is 0.0288. The molecule has 0 aromatic rings. The topological polar surface area (TPSA) is 40.6 Å². The van der Waals surface area contributed by atoms with E-state index in [0.29, 0.717) is 25.4 Å². The van der Waals surface area contributed by atoms with Crippen LogP contribution in [0.3, 0.4) is 0 Å². The fraction of sp³-hybridized carbons (Fsp3) is 0.889. The zero-order valence-electron chi connectivity index (χ0n) is 14.6. The molecule has 0 radical (unpaired) electrons. The van der Waals surface area contributed by atoms with Crippen LogP contribution in [0.4, 0.5) is 0 Å². The van der Waals surface area contributed by atoms with Crippen molar-refractivity contribution in [2.45, 2.75) is 65.7 Å². The second kappa shape index (κ2) is 7.47. The molecular formula is C18H32N2O2. The van der Waals surface area contributed by atoms with Crippen molar-refractivity contribution in [1.29, 1.82) is 0 Å². The van der Waals surface area contributed by atoms with Crippen molar-refractivity contribution in [3.05, 3.63) is 0 Å². The van der Waals surface area contributed by atoms with Crippen molar-refractivity contribution in [3.8, 4) is 0 Å². The summed E-state index contributed by atoms with van der Waals surface area (Å²) in [4.78, 5) is 29.0. The van der Waals surface area contributed by atoms with Gasteiger partial charge in [-0.15, -0.1) is 0 Å². The molecule has 4 heteroatoms. The summed E-state index contributed by atoms with van der Waals surface area (Å²) in [5, 5.41) is 0. The first-order valence-corrected chi connectivity index (χ1v) is 8.93.